The second-order valence-corrected chi connectivity index (χ2v) is 8.00. The van der Waals surface area contributed by atoms with E-state index in [0.717, 1.165) is 18.5 Å². The molecule has 0 heterocycles. The summed E-state index contributed by atoms with van der Waals surface area (Å²) in [5.41, 5.74) is 0.745. The summed E-state index contributed by atoms with van der Waals surface area (Å²) < 4.78 is 0. The molecule has 1 aliphatic carbocycles. The first kappa shape index (κ1) is 16.0. The molecule has 2 heteroatoms. The zero-order valence-electron chi connectivity index (χ0n) is 13.6. The molecule has 0 atom stereocenters. The lowest BCUT2D eigenvalue weighted by Gasteiger charge is -2.39. The van der Waals surface area contributed by atoms with Gasteiger partial charge in [-0.15, -0.1) is 0 Å². The van der Waals surface area contributed by atoms with Crippen LogP contribution in [-0.4, -0.2) is 37.1 Å². The summed E-state index contributed by atoms with van der Waals surface area (Å²) in [7, 11) is 4.33. The van der Waals surface area contributed by atoms with E-state index in [4.69, 9.17) is 0 Å². The SMILES string of the molecule is CN(C)C(C)(C)CNC1CCC(C(C)(C)C)CC1. The van der Waals surface area contributed by atoms with Gasteiger partial charge in [0, 0.05) is 18.1 Å². The van der Waals surface area contributed by atoms with Crippen molar-refractivity contribution in [2.24, 2.45) is 11.3 Å². The molecule has 2 nitrogen and oxygen atoms in total. The van der Waals surface area contributed by atoms with Crippen LogP contribution in [0, 0.1) is 11.3 Å². The Hall–Kier alpha value is -0.0800. The third-order valence-electron chi connectivity index (χ3n) is 4.99. The normalized spacial score (nSPS) is 26.7. The van der Waals surface area contributed by atoms with Crippen molar-refractivity contribution >= 4 is 0 Å². The minimum absolute atomic E-state index is 0.251. The van der Waals surface area contributed by atoms with E-state index in [0.29, 0.717) is 5.41 Å². The van der Waals surface area contributed by atoms with Crippen LogP contribution in [0.3, 0.4) is 0 Å². The van der Waals surface area contributed by atoms with E-state index in [1.54, 1.807) is 0 Å². The minimum atomic E-state index is 0.251. The van der Waals surface area contributed by atoms with Crippen LogP contribution in [0.25, 0.3) is 0 Å². The van der Waals surface area contributed by atoms with Crippen molar-refractivity contribution in [2.45, 2.75) is 71.9 Å². The highest BCUT2D eigenvalue weighted by atomic mass is 15.2. The smallest absolute Gasteiger partial charge is 0.0271 e. The Labute approximate surface area is 115 Å². The number of nitrogens with zero attached hydrogens (tertiary/aromatic N) is 1. The molecule has 0 aromatic rings. The van der Waals surface area contributed by atoms with E-state index in [-0.39, 0.29) is 5.54 Å². The van der Waals surface area contributed by atoms with Crippen molar-refractivity contribution in [1.82, 2.24) is 10.2 Å². The highest BCUT2D eigenvalue weighted by Crippen LogP contribution is 2.37. The van der Waals surface area contributed by atoms with Crippen LogP contribution in [-0.2, 0) is 0 Å². The molecular weight excluding hydrogens is 220 g/mol. The Kier molecular flexibility index (Phi) is 5.25. The molecule has 108 valence electrons. The summed E-state index contributed by atoms with van der Waals surface area (Å²) in [5.74, 6) is 0.914. The number of nitrogens with one attached hydrogen (secondary N) is 1. The predicted octanol–water partition coefficient (Wildman–Crippen LogP) is 3.52. The van der Waals surface area contributed by atoms with Gasteiger partial charge in [0.2, 0.25) is 0 Å². The molecule has 0 aliphatic heterocycles. The van der Waals surface area contributed by atoms with E-state index >= 15 is 0 Å². The summed E-state index contributed by atoms with van der Waals surface area (Å²) in [6, 6.07) is 0.739. The van der Waals surface area contributed by atoms with Gasteiger partial charge in [-0.2, -0.15) is 0 Å². The van der Waals surface area contributed by atoms with Gasteiger partial charge in [-0.05, 0) is 65.0 Å². The molecule has 0 unspecified atom stereocenters. The quantitative estimate of drug-likeness (QED) is 0.826. The Morgan fingerprint density at radius 2 is 1.44 bits per heavy atom. The Morgan fingerprint density at radius 1 is 0.944 bits per heavy atom. The van der Waals surface area contributed by atoms with Crippen molar-refractivity contribution in [1.29, 1.82) is 0 Å². The molecule has 18 heavy (non-hydrogen) atoms. The summed E-state index contributed by atoms with van der Waals surface area (Å²) in [4.78, 5) is 2.31. The van der Waals surface area contributed by atoms with Gasteiger partial charge < -0.3 is 10.2 Å². The van der Waals surface area contributed by atoms with E-state index in [2.05, 4.69) is 58.9 Å². The van der Waals surface area contributed by atoms with Gasteiger partial charge in [-0.1, -0.05) is 20.8 Å². The van der Waals surface area contributed by atoms with Gasteiger partial charge >= 0.3 is 0 Å². The van der Waals surface area contributed by atoms with Crippen LogP contribution >= 0.6 is 0 Å². The number of hydrogen-bond acceptors (Lipinski definition) is 2. The summed E-state index contributed by atoms with van der Waals surface area (Å²) in [6.45, 7) is 12.9. The van der Waals surface area contributed by atoms with Gasteiger partial charge in [-0.25, -0.2) is 0 Å². The molecule has 0 bridgehead atoms. The monoisotopic (exact) mass is 254 g/mol. The fourth-order valence-electron chi connectivity index (χ4n) is 2.72. The van der Waals surface area contributed by atoms with Crippen molar-refractivity contribution in [2.75, 3.05) is 20.6 Å². The van der Waals surface area contributed by atoms with E-state index < -0.39 is 0 Å². The third-order valence-corrected chi connectivity index (χ3v) is 4.99. The number of likely N-dealkylation sites (N-methyl/N-ethyl adjacent to an activating group) is 1. The summed E-state index contributed by atoms with van der Waals surface area (Å²) in [6.07, 6.45) is 5.49. The zero-order chi connectivity index (χ0) is 14.0. The highest BCUT2D eigenvalue weighted by molar-refractivity contribution is 4.86. The van der Waals surface area contributed by atoms with Gasteiger partial charge in [0.25, 0.3) is 0 Å². The zero-order valence-corrected chi connectivity index (χ0v) is 13.6. The van der Waals surface area contributed by atoms with E-state index in [1.807, 2.05) is 0 Å². The standard InChI is InChI=1S/C16H34N2/c1-15(2,3)13-8-10-14(11-9-13)17-12-16(4,5)18(6)7/h13-14,17H,8-12H2,1-7H3. The molecule has 0 aromatic carbocycles. The first-order valence-electron chi connectivity index (χ1n) is 7.54. The Morgan fingerprint density at radius 3 is 1.83 bits per heavy atom. The second kappa shape index (κ2) is 5.92. The van der Waals surface area contributed by atoms with Crippen LogP contribution in [0.4, 0.5) is 0 Å². The fraction of sp³-hybridized carbons (Fsp3) is 1.00. The van der Waals surface area contributed by atoms with Gasteiger partial charge in [0.05, 0.1) is 0 Å². The lowest BCUT2D eigenvalue weighted by Crippen LogP contribution is -2.50. The molecule has 1 fully saturated rings. The largest absolute Gasteiger partial charge is 0.312 e. The molecule has 0 radical (unpaired) electrons. The maximum atomic E-state index is 3.77. The molecule has 0 spiro atoms. The van der Waals surface area contributed by atoms with E-state index in [9.17, 15) is 0 Å². The maximum Gasteiger partial charge on any atom is 0.0271 e. The molecule has 0 aromatic heterocycles. The van der Waals surface area contributed by atoms with Gasteiger partial charge in [-0.3, -0.25) is 0 Å². The molecule has 0 saturated heterocycles. The topological polar surface area (TPSA) is 15.3 Å². The third kappa shape index (κ3) is 4.55. The van der Waals surface area contributed by atoms with E-state index in [1.165, 1.54) is 25.7 Å². The summed E-state index contributed by atoms with van der Waals surface area (Å²) in [5, 5.41) is 3.77. The van der Waals surface area contributed by atoms with Crippen molar-refractivity contribution < 1.29 is 0 Å². The molecule has 0 amide bonds. The van der Waals surface area contributed by atoms with Crippen LogP contribution < -0.4 is 5.32 Å². The van der Waals surface area contributed by atoms with Crippen LogP contribution in [0.5, 0.6) is 0 Å². The molecule has 1 saturated carbocycles. The molecule has 1 rings (SSSR count). The van der Waals surface area contributed by atoms with Crippen LogP contribution in [0.2, 0.25) is 0 Å². The average molecular weight is 254 g/mol. The van der Waals surface area contributed by atoms with Crippen LogP contribution in [0.15, 0.2) is 0 Å². The second-order valence-electron chi connectivity index (χ2n) is 8.00. The predicted molar refractivity (Wildman–Crippen MR) is 81.0 cm³/mol. The van der Waals surface area contributed by atoms with Gasteiger partial charge in [0.15, 0.2) is 0 Å². The Balaban J connectivity index is 2.32. The molecular formula is C16H34N2. The first-order valence-corrected chi connectivity index (χ1v) is 7.54. The Bertz CT molecular complexity index is 242. The van der Waals surface area contributed by atoms with Crippen molar-refractivity contribution in [3.63, 3.8) is 0 Å². The fourth-order valence-corrected chi connectivity index (χ4v) is 2.72. The lowest BCUT2D eigenvalue weighted by atomic mass is 9.71. The van der Waals surface area contributed by atoms with Crippen molar-refractivity contribution in [3.05, 3.63) is 0 Å². The minimum Gasteiger partial charge on any atom is -0.312 e. The summed E-state index contributed by atoms with van der Waals surface area (Å²) >= 11 is 0. The number of rotatable bonds is 4. The number of hydrogen-bond donors (Lipinski definition) is 1. The highest BCUT2D eigenvalue weighted by Gasteiger charge is 2.30. The van der Waals surface area contributed by atoms with Crippen molar-refractivity contribution in [3.8, 4) is 0 Å². The average Bonchev–Trinajstić information content (AvgIpc) is 2.25. The maximum absolute atomic E-state index is 3.77. The van der Waals surface area contributed by atoms with Crippen LogP contribution in [0.1, 0.15) is 60.3 Å². The molecule has 1 N–H and O–H groups in total. The molecule has 1 aliphatic rings. The lowest BCUT2D eigenvalue weighted by molar-refractivity contribution is 0.143. The first-order chi connectivity index (χ1) is 8.13. The van der Waals surface area contributed by atoms with Gasteiger partial charge in [0.1, 0.15) is 0 Å².